The van der Waals surface area contributed by atoms with E-state index in [0.717, 1.165) is 20.9 Å². The van der Waals surface area contributed by atoms with Gasteiger partial charge in [-0.1, -0.05) is 31.9 Å². The number of halogens is 2. The first-order valence-corrected chi connectivity index (χ1v) is 7.62. The molecule has 5 heteroatoms. The normalized spacial score (nSPS) is 10.4. The Morgan fingerprint density at radius 2 is 2.11 bits per heavy atom. The van der Waals surface area contributed by atoms with Gasteiger partial charge in [0.05, 0.1) is 6.61 Å². The molecular formula is C13H17Br2NO2. The first-order valence-electron chi connectivity index (χ1n) is 5.70. The molecule has 0 aromatic heterocycles. The van der Waals surface area contributed by atoms with E-state index < -0.39 is 0 Å². The summed E-state index contributed by atoms with van der Waals surface area (Å²) in [5.74, 6) is 0.0523. The van der Waals surface area contributed by atoms with E-state index in [9.17, 15) is 4.79 Å². The van der Waals surface area contributed by atoms with Gasteiger partial charge in [-0.15, -0.1) is 0 Å². The van der Waals surface area contributed by atoms with Crippen LogP contribution >= 0.6 is 31.9 Å². The van der Waals surface area contributed by atoms with Crippen molar-refractivity contribution in [2.24, 2.45) is 0 Å². The first kappa shape index (κ1) is 15.7. The van der Waals surface area contributed by atoms with Crippen LogP contribution in [0.4, 0.5) is 0 Å². The number of carbonyl (C=O) groups is 1. The molecule has 0 heterocycles. The molecule has 0 bridgehead atoms. The summed E-state index contributed by atoms with van der Waals surface area (Å²) in [4.78, 5) is 14.2. The lowest BCUT2D eigenvalue weighted by molar-refractivity contribution is 0.0708. The zero-order chi connectivity index (χ0) is 13.5. The zero-order valence-corrected chi connectivity index (χ0v) is 13.8. The van der Waals surface area contributed by atoms with Crippen molar-refractivity contribution in [1.29, 1.82) is 0 Å². The van der Waals surface area contributed by atoms with Crippen molar-refractivity contribution in [1.82, 2.24) is 4.90 Å². The van der Waals surface area contributed by atoms with Crippen LogP contribution in [0.5, 0.6) is 0 Å². The third-order valence-corrected chi connectivity index (χ3v) is 3.47. The Bertz CT molecular complexity index is 410. The minimum atomic E-state index is 0.0523. The molecule has 18 heavy (non-hydrogen) atoms. The van der Waals surface area contributed by atoms with Crippen molar-refractivity contribution in [2.45, 2.75) is 6.92 Å². The lowest BCUT2D eigenvalue weighted by atomic mass is 10.1. The number of alkyl halides is 1. The average molecular weight is 379 g/mol. The molecule has 0 unspecified atom stereocenters. The summed E-state index contributed by atoms with van der Waals surface area (Å²) < 4.78 is 6.02. The molecule has 1 amide bonds. The van der Waals surface area contributed by atoms with E-state index in [1.54, 1.807) is 12.0 Å². The first-order chi connectivity index (χ1) is 8.60. The highest BCUT2D eigenvalue weighted by Gasteiger charge is 2.16. The standard InChI is InChI=1S/C13H17Br2NO2/c1-10-9-11(15)3-4-12(10)13(17)16(6-5-14)7-8-18-2/h3-4,9H,5-8H2,1-2H3. The summed E-state index contributed by atoms with van der Waals surface area (Å²) in [6.07, 6.45) is 0. The lowest BCUT2D eigenvalue weighted by Crippen LogP contribution is -2.35. The Morgan fingerprint density at radius 3 is 2.67 bits per heavy atom. The number of methoxy groups -OCH3 is 1. The third-order valence-electron chi connectivity index (χ3n) is 2.63. The van der Waals surface area contributed by atoms with Gasteiger partial charge >= 0.3 is 0 Å². The van der Waals surface area contributed by atoms with E-state index in [4.69, 9.17) is 4.74 Å². The maximum absolute atomic E-state index is 12.4. The topological polar surface area (TPSA) is 29.5 Å². The van der Waals surface area contributed by atoms with Gasteiger partial charge in [0.25, 0.3) is 5.91 Å². The average Bonchev–Trinajstić information content (AvgIpc) is 2.33. The summed E-state index contributed by atoms with van der Waals surface area (Å²) in [6, 6.07) is 5.70. The van der Waals surface area contributed by atoms with Crippen molar-refractivity contribution in [3.63, 3.8) is 0 Å². The van der Waals surface area contributed by atoms with E-state index in [1.807, 2.05) is 25.1 Å². The van der Waals surface area contributed by atoms with E-state index in [1.165, 1.54) is 0 Å². The number of rotatable bonds is 6. The number of ether oxygens (including phenoxy) is 1. The highest BCUT2D eigenvalue weighted by atomic mass is 79.9. The number of aryl methyl sites for hydroxylation is 1. The van der Waals surface area contributed by atoms with Gasteiger partial charge < -0.3 is 9.64 Å². The monoisotopic (exact) mass is 377 g/mol. The number of hydrogen-bond donors (Lipinski definition) is 0. The highest BCUT2D eigenvalue weighted by Crippen LogP contribution is 2.17. The van der Waals surface area contributed by atoms with Crippen molar-refractivity contribution >= 4 is 37.8 Å². The van der Waals surface area contributed by atoms with Crippen LogP contribution in [0.1, 0.15) is 15.9 Å². The largest absolute Gasteiger partial charge is 0.383 e. The van der Waals surface area contributed by atoms with Gasteiger partial charge in [-0.3, -0.25) is 4.79 Å². The van der Waals surface area contributed by atoms with E-state index in [-0.39, 0.29) is 5.91 Å². The number of benzene rings is 1. The molecule has 0 N–H and O–H groups in total. The van der Waals surface area contributed by atoms with Gasteiger partial charge in [0.1, 0.15) is 0 Å². The molecule has 0 aliphatic heterocycles. The molecule has 0 spiro atoms. The van der Waals surface area contributed by atoms with Crippen molar-refractivity contribution in [3.8, 4) is 0 Å². The van der Waals surface area contributed by atoms with Gasteiger partial charge in [-0.2, -0.15) is 0 Å². The molecular weight excluding hydrogens is 362 g/mol. The molecule has 0 aliphatic rings. The maximum atomic E-state index is 12.4. The van der Waals surface area contributed by atoms with Gasteiger partial charge in [-0.25, -0.2) is 0 Å². The smallest absolute Gasteiger partial charge is 0.254 e. The summed E-state index contributed by atoms with van der Waals surface area (Å²) in [5, 5.41) is 0.762. The van der Waals surface area contributed by atoms with E-state index >= 15 is 0 Å². The molecule has 1 rings (SSSR count). The molecule has 1 aromatic rings. The van der Waals surface area contributed by atoms with Crippen molar-refractivity contribution in [3.05, 3.63) is 33.8 Å². The molecule has 0 saturated heterocycles. The van der Waals surface area contributed by atoms with Crippen LogP contribution in [0.25, 0.3) is 0 Å². The molecule has 0 atom stereocenters. The Morgan fingerprint density at radius 1 is 1.39 bits per heavy atom. The van der Waals surface area contributed by atoms with Crippen LogP contribution in [0.15, 0.2) is 22.7 Å². The van der Waals surface area contributed by atoms with E-state index in [0.29, 0.717) is 19.7 Å². The fourth-order valence-electron chi connectivity index (χ4n) is 1.66. The minimum absolute atomic E-state index is 0.0523. The van der Waals surface area contributed by atoms with Crippen LogP contribution in [0.3, 0.4) is 0 Å². The van der Waals surface area contributed by atoms with Crippen molar-refractivity contribution < 1.29 is 9.53 Å². The van der Waals surface area contributed by atoms with Crippen LogP contribution in [-0.4, -0.2) is 42.9 Å². The predicted octanol–water partition coefficient (Wildman–Crippen LogP) is 3.24. The molecule has 1 aromatic carbocycles. The molecule has 3 nitrogen and oxygen atoms in total. The molecule has 0 fully saturated rings. The Hall–Kier alpha value is -0.390. The Labute approximate surface area is 125 Å². The Balaban J connectivity index is 2.87. The summed E-state index contributed by atoms with van der Waals surface area (Å²) >= 11 is 6.77. The summed E-state index contributed by atoms with van der Waals surface area (Å²) in [5.41, 5.74) is 1.72. The van der Waals surface area contributed by atoms with Gasteiger partial charge in [0.15, 0.2) is 0 Å². The van der Waals surface area contributed by atoms with Crippen LogP contribution in [0, 0.1) is 6.92 Å². The fraction of sp³-hybridized carbons (Fsp3) is 0.462. The van der Waals surface area contributed by atoms with Crippen LogP contribution in [-0.2, 0) is 4.74 Å². The zero-order valence-electron chi connectivity index (χ0n) is 10.6. The third kappa shape index (κ3) is 4.37. The minimum Gasteiger partial charge on any atom is -0.383 e. The molecule has 0 saturated carbocycles. The highest BCUT2D eigenvalue weighted by molar-refractivity contribution is 9.10. The molecule has 100 valence electrons. The number of carbonyl (C=O) groups excluding carboxylic acids is 1. The number of nitrogens with zero attached hydrogens (tertiary/aromatic N) is 1. The maximum Gasteiger partial charge on any atom is 0.254 e. The second-order valence-corrected chi connectivity index (χ2v) is 5.64. The SMILES string of the molecule is COCCN(CCBr)C(=O)c1ccc(Br)cc1C. The summed E-state index contributed by atoms with van der Waals surface area (Å²) in [6.45, 7) is 3.78. The molecule has 0 radical (unpaired) electrons. The van der Waals surface area contributed by atoms with Crippen molar-refractivity contribution in [2.75, 3.05) is 32.1 Å². The van der Waals surface area contributed by atoms with E-state index in [2.05, 4.69) is 31.9 Å². The lowest BCUT2D eigenvalue weighted by Gasteiger charge is -2.22. The second-order valence-electron chi connectivity index (χ2n) is 3.93. The Kier molecular flexibility index (Phi) is 6.89. The fourth-order valence-corrected chi connectivity index (χ4v) is 2.56. The number of hydrogen-bond acceptors (Lipinski definition) is 2. The van der Waals surface area contributed by atoms with Gasteiger partial charge in [0.2, 0.25) is 0 Å². The number of amides is 1. The second kappa shape index (κ2) is 7.92. The van der Waals surface area contributed by atoms with Crippen LogP contribution in [0.2, 0.25) is 0 Å². The molecule has 0 aliphatic carbocycles. The van der Waals surface area contributed by atoms with Crippen LogP contribution < -0.4 is 0 Å². The quantitative estimate of drug-likeness (QED) is 0.711. The van der Waals surface area contributed by atoms with Gasteiger partial charge in [-0.05, 0) is 30.7 Å². The summed E-state index contributed by atoms with van der Waals surface area (Å²) in [7, 11) is 1.64. The predicted molar refractivity (Wildman–Crippen MR) is 80.5 cm³/mol. The van der Waals surface area contributed by atoms with Gasteiger partial charge in [0, 0.05) is 35.6 Å².